The fraction of sp³-hybridized carbons (Fsp3) is 0.500. The monoisotopic (exact) mass is 328 g/mol. The zero-order valence-electron chi connectivity index (χ0n) is 14.2. The van der Waals surface area contributed by atoms with Crippen molar-refractivity contribution in [3.05, 3.63) is 36.2 Å². The van der Waals surface area contributed by atoms with Crippen molar-refractivity contribution in [2.24, 2.45) is 7.05 Å². The second-order valence-electron chi connectivity index (χ2n) is 6.63. The number of rotatable bonds is 4. The topological polar surface area (TPSA) is 51.6 Å². The molecule has 0 unspecified atom stereocenters. The lowest BCUT2D eigenvalue weighted by Gasteiger charge is -2.35. The average molecular weight is 328 g/mol. The summed E-state index contributed by atoms with van der Waals surface area (Å²) in [6.07, 6.45) is 6.30. The Kier molecular flexibility index (Phi) is 4.06. The Bertz CT molecular complexity index is 707. The number of fused-ring (bicyclic) bond motifs is 1. The molecule has 1 fully saturated rings. The predicted octanol–water partition coefficient (Wildman–Crippen LogP) is 2.47. The maximum absolute atomic E-state index is 5.49. The highest BCUT2D eigenvalue weighted by molar-refractivity contribution is 5.57. The van der Waals surface area contributed by atoms with Crippen molar-refractivity contribution >= 4 is 5.69 Å². The van der Waals surface area contributed by atoms with Crippen LogP contribution in [0.25, 0.3) is 0 Å². The van der Waals surface area contributed by atoms with E-state index >= 15 is 0 Å². The van der Waals surface area contributed by atoms with E-state index in [2.05, 4.69) is 40.6 Å². The number of ether oxygens (including phenoxy) is 2. The van der Waals surface area contributed by atoms with Crippen LogP contribution in [0.2, 0.25) is 0 Å². The molecule has 4 rings (SSSR count). The van der Waals surface area contributed by atoms with Crippen molar-refractivity contribution in [2.45, 2.75) is 31.8 Å². The highest BCUT2D eigenvalue weighted by Crippen LogP contribution is 2.36. The van der Waals surface area contributed by atoms with Crippen molar-refractivity contribution in [1.29, 1.82) is 0 Å². The molecule has 0 spiro atoms. The fourth-order valence-electron chi connectivity index (χ4n) is 3.50. The first-order valence-electron chi connectivity index (χ1n) is 8.58. The number of anilines is 1. The lowest BCUT2D eigenvalue weighted by atomic mass is 10.0. The molecule has 6 heteroatoms. The minimum atomic E-state index is 0.330. The van der Waals surface area contributed by atoms with Gasteiger partial charge < -0.3 is 19.7 Å². The van der Waals surface area contributed by atoms with E-state index < -0.39 is 0 Å². The number of aromatic nitrogens is 2. The van der Waals surface area contributed by atoms with Crippen LogP contribution in [0.5, 0.6) is 11.5 Å². The molecule has 2 aromatic rings. The quantitative estimate of drug-likeness (QED) is 0.934. The summed E-state index contributed by atoms with van der Waals surface area (Å²) in [5.74, 6) is 1.71. The van der Waals surface area contributed by atoms with Crippen molar-refractivity contribution < 1.29 is 9.47 Å². The summed E-state index contributed by atoms with van der Waals surface area (Å²) >= 11 is 0. The van der Waals surface area contributed by atoms with E-state index in [4.69, 9.17) is 9.47 Å². The number of piperidine rings is 1. The molecular weight excluding hydrogens is 304 g/mol. The fourth-order valence-corrected chi connectivity index (χ4v) is 3.50. The minimum Gasteiger partial charge on any atom is -0.454 e. The first-order chi connectivity index (χ1) is 11.7. The van der Waals surface area contributed by atoms with E-state index in [1.165, 1.54) is 11.3 Å². The van der Waals surface area contributed by atoms with Gasteiger partial charge in [-0.1, -0.05) is 0 Å². The molecule has 2 aliphatic heterocycles. The number of hydrogen-bond donors (Lipinski definition) is 1. The molecule has 1 aromatic heterocycles. The van der Waals surface area contributed by atoms with E-state index in [0.717, 1.165) is 37.4 Å². The highest BCUT2D eigenvalue weighted by Gasteiger charge is 2.23. The molecule has 2 aliphatic rings. The first kappa shape index (κ1) is 15.3. The zero-order chi connectivity index (χ0) is 16.5. The van der Waals surface area contributed by atoms with E-state index in [1.807, 2.05) is 24.0 Å². The Hall–Kier alpha value is -2.21. The second kappa shape index (κ2) is 6.36. The van der Waals surface area contributed by atoms with Crippen LogP contribution in [0, 0.1) is 0 Å². The van der Waals surface area contributed by atoms with Crippen LogP contribution in [0.4, 0.5) is 5.69 Å². The maximum atomic E-state index is 5.49. The average Bonchev–Trinajstić information content (AvgIpc) is 3.23. The van der Waals surface area contributed by atoms with Gasteiger partial charge >= 0.3 is 0 Å². The molecular formula is C18H24N4O2. The smallest absolute Gasteiger partial charge is 0.231 e. The van der Waals surface area contributed by atoms with E-state index in [0.29, 0.717) is 18.9 Å². The predicted molar refractivity (Wildman–Crippen MR) is 92.6 cm³/mol. The summed E-state index contributed by atoms with van der Waals surface area (Å²) in [6.45, 7) is 4.65. The Morgan fingerprint density at radius 3 is 2.75 bits per heavy atom. The van der Waals surface area contributed by atoms with Gasteiger partial charge in [0.15, 0.2) is 11.5 Å². The van der Waals surface area contributed by atoms with E-state index in [9.17, 15) is 0 Å². The molecule has 0 radical (unpaired) electrons. The summed E-state index contributed by atoms with van der Waals surface area (Å²) in [6, 6.07) is 7.10. The van der Waals surface area contributed by atoms with Gasteiger partial charge in [0.25, 0.3) is 0 Å². The van der Waals surface area contributed by atoms with Crippen molar-refractivity contribution in [2.75, 3.05) is 24.8 Å². The van der Waals surface area contributed by atoms with Gasteiger partial charge in [-0.2, -0.15) is 5.10 Å². The van der Waals surface area contributed by atoms with Crippen LogP contribution in [-0.4, -0.2) is 35.7 Å². The van der Waals surface area contributed by atoms with Gasteiger partial charge in [-0.25, -0.2) is 0 Å². The molecule has 3 heterocycles. The largest absolute Gasteiger partial charge is 0.454 e. The number of hydrogen-bond acceptors (Lipinski definition) is 5. The van der Waals surface area contributed by atoms with Gasteiger partial charge in [0, 0.05) is 55.7 Å². The molecule has 24 heavy (non-hydrogen) atoms. The molecule has 0 saturated carbocycles. The normalized spacial score (nSPS) is 18.8. The third-order valence-corrected chi connectivity index (χ3v) is 4.93. The third-order valence-electron chi connectivity index (χ3n) is 4.93. The summed E-state index contributed by atoms with van der Waals surface area (Å²) in [4.78, 5) is 2.43. The summed E-state index contributed by atoms with van der Waals surface area (Å²) < 4.78 is 12.7. The summed E-state index contributed by atoms with van der Waals surface area (Å²) in [5.41, 5.74) is 2.47. The first-order valence-corrected chi connectivity index (χ1v) is 8.58. The SMILES string of the molecule is C[C@@H](NC1CCN(c2ccc3c(c2)OCO3)CC1)c1cnn(C)c1. The molecule has 0 amide bonds. The Morgan fingerprint density at radius 1 is 1.21 bits per heavy atom. The van der Waals surface area contributed by atoms with E-state index in [-0.39, 0.29) is 0 Å². The Morgan fingerprint density at radius 2 is 2.00 bits per heavy atom. The van der Waals surface area contributed by atoms with Gasteiger partial charge in [-0.3, -0.25) is 4.68 Å². The van der Waals surface area contributed by atoms with Crippen LogP contribution in [-0.2, 0) is 7.05 Å². The molecule has 1 saturated heterocycles. The molecule has 0 aliphatic carbocycles. The highest BCUT2D eigenvalue weighted by atomic mass is 16.7. The molecule has 128 valence electrons. The Labute approximate surface area is 142 Å². The maximum Gasteiger partial charge on any atom is 0.231 e. The molecule has 0 bridgehead atoms. The zero-order valence-corrected chi connectivity index (χ0v) is 14.2. The lowest BCUT2D eigenvalue weighted by molar-refractivity contribution is 0.174. The van der Waals surface area contributed by atoms with Gasteiger partial charge in [0.2, 0.25) is 6.79 Å². The summed E-state index contributed by atoms with van der Waals surface area (Å²) in [5, 5.41) is 7.99. The molecule has 6 nitrogen and oxygen atoms in total. The minimum absolute atomic E-state index is 0.330. The summed E-state index contributed by atoms with van der Waals surface area (Å²) in [7, 11) is 1.96. The van der Waals surface area contributed by atoms with Crippen LogP contribution >= 0.6 is 0 Å². The molecule has 1 atom stereocenters. The van der Waals surface area contributed by atoms with Gasteiger partial charge in [-0.15, -0.1) is 0 Å². The standard InChI is InChI=1S/C18H24N4O2/c1-13(14-10-19-21(2)11-14)20-15-5-7-22(8-6-15)16-3-4-17-18(9-16)24-12-23-17/h3-4,9-11,13,15,20H,5-8,12H2,1-2H3/t13-/m1/s1. The van der Waals surface area contributed by atoms with Crippen LogP contribution in [0.1, 0.15) is 31.4 Å². The molecule has 1 N–H and O–H groups in total. The number of nitrogens with zero attached hydrogens (tertiary/aromatic N) is 3. The third kappa shape index (κ3) is 3.06. The number of nitrogens with one attached hydrogen (secondary N) is 1. The van der Waals surface area contributed by atoms with Gasteiger partial charge in [-0.05, 0) is 31.9 Å². The van der Waals surface area contributed by atoms with Crippen molar-refractivity contribution in [3.8, 4) is 11.5 Å². The molecule has 1 aromatic carbocycles. The van der Waals surface area contributed by atoms with Crippen LogP contribution < -0.4 is 19.7 Å². The van der Waals surface area contributed by atoms with E-state index in [1.54, 1.807) is 0 Å². The number of aryl methyl sites for hydroxylation is 1. The van der Waals surface area contributed by atoms with Gasteiger partial charge in [0.1, 0.15) is 0 Å². The van der Waals surface area contributed by atoms with Crippen LogP contribution in [0.3, 0.4) is 0 Å². The van der Waals surface area contributed by atoms with Gasteiger partial charge in [0.05, 0.1) is 6.20 Å². The lowest BCUT2D eigenvalue weighted by Crippen LogP contribution is -2.43. The van der Waals surface area contributed by atoms with Crippen molar-refractivity contribution in [3.63, 3.8) is 0 Å². The second-order valence-corrected chi connectivity index (χ2v) is 6.63. The Balaban J connectivity index is 1.33. The van der Waals surface area contributed by atoms with Crippen molar-refractivity contribution in [1.82, 2.24) is 15.1 Å². The van der Waals surface area contributed by atoms with Crippen LogP contribution in [0.15, 0.2) is 30.6 Å². The number of benzene rings is 1.